The van der Waals surface area contributed by atoms with Crippen LogP contribution < -0.4 is 21.8 Å². The molecule has 6 atom stereocenters. The van der Waals surface area contributed by atoms with Crippen LogP contribution in [0.3, 0.4) is 0 Å². The first-order valence-corrected chi connectivity index (χ1v) is 9.08. The van der Waals surface area contributed by atoms with Crippen molar-refractivity contribution in [2.24, 2.45) is 17.6 Å². The summed E-state index contributed by atoms with van der Waals surface area (Å²) in [4.78, 5) is 0. The summed E-state index contributed by atoms with van der Waals surface area (Å²) in [5.41, 5.74) is 9.31. The average molecular weight is 331 g/mol. The summed E-state index contributed by atoms with van der Waals surface area (Å²) in [5, 5.41) is 8.26. The molecule has 0 aromatic rings. The Bertz CT molecular complexity index is 383. The molecular weight excluding hydrogens is 300 g/mol. The number of rotatable bonds is 1. The zero-order valence-corrected chi connectivity index (χ0v) is 14.0. The Hall–Kier alpha value is -0.340. The van der Waals surface area contributed by atoms with Crippen molar-refractivity contribution in [2.75, 3.05) is 19.6 Å². The minimum atomic E-state index is -2.46. The average Bonchev–Trinajstić information content (AvgIpc) is 2.96. The second kappa shape index (κ2) is 7.70. The molecule has 0 aliphatic carbocycles. The summed E-state index contributed by atoms with van der Waals surface area (Å²) in [5.74, 6) is 0.805. The van der Waals surface area contributed by atoms with Crippen molar-refractivity contribution in [3.05, 3.63) is 0 Å². The molecule has 3 heterocycles. The Labute approximate surface area is 137 Å². The summed E-state index contributed by atoms with van der Waals surface area (Å²) >= 11 is 0. The van der Waals surface area contributed by atoms with Gasteiger partial charge >= 0.3 is 6.55 Å². The van der Waals surface area contributed by atoms with Crippen molar-refractivity contribution < 1.29 is 8.78 Å². The molecule has 3 aliphatic heterocycles. The van der Waals surface area contributed by atoms with Crippen LogP contribution in [0.4, 0.5) is 8.78 Å². The Balaban J connectivity index is 1.79. The summed E-state index contributed by atoms with van der Waals surface area (Å²) < 4.78 is 26.9. The Morgan fingerprint density at radius 2 is 1.91 bits per heavy atom. The van der Waals surface area contributed by atoms with Crippen LogP contribution in [0.15, 0.2) is 0 Å². The van der Waals surface area contributed by atoms with E-state index in [9.17, 15) is 8.78 Å². The highest BCUT2D eigenvalue weighted by Gasteiger charge is 2.45. The standard InChI is InChI=1S/C16H31F2N5/c1-10-3-2-4-12(19)13-7-11(5-6-20-13)15-14(21-8-10)9-22-23(15)16(17)18/h10-16,20-22H,2-9,19H2,1H3/t10-,11?,12+,13?,14?,15?/m1/s1. The normalized spacial score (nSPS) is 43.7. The minimum Gasteiger partial charge on any atom is -0.326 e. The third-order valence-corrected chi connectivity index (χ3v) is 5.88. The van der Waals surface area contributed by atoms with Crippen LogP contribution in [0.1, 0.15) is 39.0 Å². The van der Waals surface area contributed by atoms with Gasteiger partial charge in [-0.05, 0) is 50.6 Å². The van der Waals surface area contributed by atoms with E-state index in [2.05, 4.69) is 23.0 Å². The van der Waals surface area contributed by atoms with Gasteiger partial charge in [0.2, 0.25) is 0 Å². The molecule has 3 aliphatic rings. The molecule has 5 N–H and O–H groups in total. The van der Waals surface area contributed by atoms with Crippen LogP contribution in [-0.2, 0) is 0 Å². The van der Waals surface area contributed by atoms with E-state index in [1.165, 1.54) is 5.01 Å². The van der Waals surface area contributed by atoms with Crippen LogP contribution in [0.2, 0.25) is 0 Å². The molecule has 7 heteroatoms. The number of nitrogens with zero attached hydrogens (tertiary/aromatic N) is 1. The van der Waals surface area contributed by atoms with E-state index in [0.29, 0.717) is 12.5 Å². The molecule has 0 aromatic carbocycles. The van der Waals surface area contributed by atoms with Gasteiger partial charge in [-0.1, -0.05) is 13.3 Å². The number of nitrogens with one attached hydrogen (secondary N) is 3. The Morgan fingerprint density at radius 1 is 1.09 bits per heavy atom. The zero-order valence-electron chi connectivity index (χ0n) is 14.0. The fourth-order valence-corrected chi connectivity index (χ4v) is 4.55. The van der Waals surface area contributed by atoms with E-state index in [1.54, 1.807) is 0 Å². The first kappa shape index (κ1) is 17.5. The van der Waals surface area contributed by atoms with Gasteiger partial charge in [-0.3, -0.25) is 0 Å². The maximum Gasteiger partial charge on any atom is 0.307 e. The number of hydrazine groups is 1. The number of hydrogen-bond donors (Lipinski definition) is 4. The van der Waals surface area contributed by atoms with Crippen LogP contribution >= 0.6 is 0 Å². The second-order valence-corrected chi connectivity index (χ2v) is 7.60. The number of fused-ring (bicyclic) bond motifs is 4. The van der Waals surface area contributed by atoms with E-state index < -0.39 is 6.55 Å². The van der Waals surface area contributed by atoms with Crippen molar-refractivity contribution in [3.63, 3.8) is 0 Å². The highest BCUT2D eigenvalue weighted by molar-refractivity contribution is 4.99. The van der Waals surface area contributed by atoms with Gasteiger partial charge in [0.1, 0.15) is 0 Å². The van der Waals surface area contributed by atoms with Gasteiger partial charge in [-0.2, -0.15) is 13.8 Å². The second-order valence-electron chi connectivity index (χ2n) is 7.60. The maximum atomic E-state index is 13.4. The lowest BCUT2D eigenvalue weighted by Gasteiger charge is -2.41. The first-order chi connectivity index (χ1) is 11.1. The predicted molar refractivity (Wildman–Crippen MR) is 86.9 cm³/mol. The molecule has 3 fully saturated rings. The molecule has 0 radical (unpaired) electrons. The molecule has 0 amide bonds. The number of nitrogens with two attached hydrogens (primary N) is 1. The van der Waals surface area contributed by atoms with Crippen LogP contribution in [0.25, 0.3) is 0 Å². The fraction of sp³-hybridized carbons (Fsp3) is 1.00. The molecule has 4 unspecified atom stereocenters. The fourth-order valence-electron chi connectivity index (χ4n) is 4.55. The molecule has 3 rings (SSSR count). The minimum absolute atomic E-state index is 0.0888. The quantitative estimate of drug-likeness (QED) is 0.537. The van der Waals surface area contributed by atoms with Crippen LogP contribution in [0.5, 0.6) is 0 Å². The Kier molecular flexibility index (Phi) is 5.85. The summed E-state index contributed by atoms with van der Waals surface area (Å²) in [6, 6.07) is 0.318. The molecule has 134 valence electrons. The van der Waals surface area contributed by atoms with E-state index in [4.69, 9.17) is 5.73 Å². The van der Waals surface area contributed by atoms with Gasteiger partial charge in [0.15, 0.2) is 0 Å². The van der Waals surface area contributed by atoms with E-state index >= 15 is 0 Å². The first-order valence-electron chi connectivity index (χ1n) is 9.08. The molecule has 0 spiro atoms. The van der Waals surface area contributed by atoms with Gasteiger partial charge < -0.3 is 16.4 Å². The molecule has 3 saturated heterocycles. The highest BCUT2D eigenvalue weighted by atomic mass is 19.3. The van der Waals surface area contributed by atoms with Crippen LogP contribution in [0, 0.1) is 11.8 Å². The Morgan fingerprint density at radius 3 is 2.70 bits per heavy atom. The lowest BCUT2D eigenvalue weighted by Crippen LogP contribution is -2.57. The third kappa shape index (κ3) is 4.02. The summed E-state index contributed by atoms with van der Waals surface area (Å²) in [6.07, 6.45) is 5.12. The SMILES string of the molecule is C[C@@H]1CCC[C@H](N)C2CC(CCN2)C2C(CNN2C(F)F)NC1. The smallest absolute Gasteiger partial charge is 0.307 e. The van der Waals surface area contributed by atoms with E-state index in [1.807, 2.05) is 0 Å². The largest absolute Gasteiger partial charge is 0.326 e. The van der Waals surface area contributed by atoms with E-state index in [-0.39, 0.29) is 30.1 Å². The number of alkyl halides is 2. The zero-order chi connectivity index (χ0) is 16.4. The topological polar surface area (TPSA) is 65.3 Å². The van der Waals surface area contributed by atoms with Gasteiger partial charge in [-0.25, -0.2) is 5.43 Å². The van der Waals surface area contributed by atoms with Crippen molar-refractivity contribution in [1.29, 1.82) is 0 Å². The van der Waals surface area contributed by atoms with Crippen molar-refractivity contribution >= 4 is 0 Å². The molecule has 0 saturated carbocycles. The molecule has 23 heavy (non-hydrogen) atoms. The molecular formula is C16H31F2N5. The van der Waals surface area contributed by atoms with Crippen molar-refractivity contribution in [3.8, 4) is 0 Å². The van der Waals surface area contributed by atoms with Gasteiger partial charge in [0.05, 0.1) is 0 Å². The van der Waals surface area contributed by atoms with Gasteiger partial charge in [-0.15, -0.1) is 0 Å². The number of piperidine rings is 1. The number of halogens is 2. The number of hydrogen-bond acceptors (Lipinski definition) is 5. The van der Waals surface area contributed by atoms with Crippen molar-refractivity contribution in [1.82, 2.24) is 21.1 Å². The lowest BCUT2D eigenvalue weighted by molar-refractivity contribution is -0.0837. The monoisotopic (exact) mass is 331 g/mol. The molecule has 5 nitrogen and oxygen atoms in total. The van der Waals surface area contributed by atoms with E-state index in [0.717, 1.165) is 45.2 Å². The lowest BCUT2D eigenvalue weighted by atomic mass is 9.80. The maximum absolute atomic E-state index is 13.4. The summed E-state index contributed by atoms with van der Waals surface area (Å²) in [7, 11) is 0. The molecule has 2 bridgehead atoms. The van der Waals surface area contributed by atoms with Crippen molar-refractivity contribution in [2.45, 2.75) is 69.7 Å². The van der Waals surface area contributed by atoms with Crippen LogP contribution in [-0.4, -0.2) is 55.4 Å². The molecule has 0 aromatic heterocycles. The predicted octanol–water partition coefficient (Wildman–Crippen LogP) is 0.872. The van der Waals surface area contributed by atoms with Gasteiger partial charge in [0.25, 0.3) is 0 Å². The highest BCUT2D eigenvalue weighted by Crippen LogP contribution is 2.31. The summed E-state index contributed by atoms with van der Waals surface area (Å²) in [6.45, 7) is 2.12. The van der Waals surface area contributed by atoms with Gasteiger partial charge in [0, 0.05) is 30.7 Å². The third-order valence-electron chi connectivity index (χ3n) is 5.88.